The second-order valence-corrected chi connectivity index (χ2v) is 5.67. The van der Waals surface area contributed by atoms with Crippen molar-refractivity contribution in [3.05, 3.63) is 82.7 Å². The molecule has 0 saturated carbocycles. The first-order valence-corrected chi connectivity index (χ1v) is 8.19. The Balaban J connectivity index is 1.63. The van der Waals surface area contributed by atoms with Crippen molar-refractivity contribution in [1.82, 2.24) is 9.88 Å². The van der Waals surface area contributed by atoms with Crippen LogP contribution < -0.4 is 21.5 Å². The highest BCUT2D eigenvalue weighted by atomic mass is 16.4. The fourth-order valence-electron chi connectivity index (χ4n) is 2.37. The number of pyridine rings is 1. The number of nitrogens with one attached hydrogen (secondary N) is 3. The highest BCUT2D eigenvalue weighted by Gasteiger charge is 2.12. The van der Waals surface area contributed by atoms with Crippen LogP contribution in [0.4, 0.5) is 16.2 Å². The monoisotopic (exact) mass is 366 g/mol. The Morgan fingerprint density at radius 1 is 0.963 bits per heavy atom. The number of urea groups is 1. The van der Waals surface area contributed by atoms with Gasteiger partial charge in [-0.15, -0.1) is 0 Å². The molecule has 27 heavy (non-hydrogen) atoms. The molecule has 2 aromatic heterocycles. The highest BCUT2D eigenvalue weighted by Crippen LogP contribution is 2.16. The summed E-state index contributed by atoms with van der Waals surface area (Å²) in [4.78, 5) is 35.3. The average Bonchev–Trinajstić information content (AvgIpc) is 3.14. The summed E-state index contributed by atoms with van der Waals surface area (Å²) in [6.07, 6.45) is 1.65. The van der Waals surface area contributed by atoms with Gasteiger partial charge in [0.1, 0.15) is 5.76 Å². The Morgan fingerprint density at radius 3 is 2.33 bits per heavy atom. The molecule has 3 aromatic rings. The zero-order chi connectivity index (χ0) is 19.2. The minimum Gasteiger partial charge on any atom is -0.454 e. The van der Waals surface area contributed by atoms with E-state index in [9.17, 15) is 14.4 Å². The summed E-state index contributed by atoms with van der Waals surface area (Å²) < 4.78 is 7.02. The molecule has 3 amide bonds. The van der Waals surface area contributed by atoms with Crippen LogP contribution in [0.2, 0.25) is 0 Å². The molecular formula is C19H18N4O4. The summed E-state index contributed by atoms with van der Waals surface area (Å²) in [7, 11) is 1.52. The second kappa shape index (κ2) is 8.05. The van der Waals surface area contributed by atoms with E-state index in [0.717, 1.165) is 0 Å². The largest absolute Gasteiger partial charge is 0.454 e. The van der Waals surface area contributed by atoms with Crippen molar-refractivity contribution in [2.75, 3.05) is 17.7 Å². The maximum absolute atomic E-state index is 12.3. The van der Waals surface area contributed by atoms with E-state index < -0.39 is 5.91 Å². The number of hydrogen-bond donors (Lipinski definition) is 3. The van der Waals surface area contributed by atoms with Gasteiger partial charge in [0.25, 0.3) is 11.5 Å². The first-order valence-electron chi connectivity index (χ1n) is 8.19. The minimum absolute atomic E-state index is 0.140. The van der Waals surface area contributed by atoms with Crippen LogP contribution in [-0.2, 0) is 6.54 Å². The number of rotatable bonds is 5. The van der Waals surface area contributed by atoms with Gasteiger partial charge in [0.05, 0.1) is 6.54 Å². The third kappa shape index (κ3) is 4.63. The Morgan fingerprint density at radius 2 is 1.67 bits per heavy atom. The fourth-order valence-corrected chi connectivity index (χ4v) is 2.37. The second-order valence-electron chi connectivity index (χ2n) is 5.67. The first-order chi connectivity index (χ1) is 13.0. The molecular weight excluding hydrogens is 348 g/mol. The molecule has 0 radical (unpaired) electrons. The van der Waals surface area contributed by atoms with Gasteiger partial charge in [-0.1, -0.05) is 6.07 Å². The topological polar surface area (TPSA) is 105 Å². The Hall–Kier alpha value is -3.81. The number of hydrogen-bond acceptors (Lipinski definition) is 4. The van der Waals surface area contributed by atoms with Crippen molar-refractivity contribution in [1.29, 1.82) is 0 Å². The lowest BCUT2D eigenvalue weighted by Gasteiger charge is -2.07. The van der Waals surface area contributed by atoms with Crippen molar-refractivity contribution >= 4 is 23.3 Å². The summed E-state index contributed by atoms with van der Waals surface area (Å²) in [5.41, 5.74) is 1.01. The number of aromatic nitrogens is 1. The van der Waals surface area contributed by atoms with E-state index in [1.807, 2.05) is 0 Å². The van der Waals surface area contributed by atoms with Crippen LogP contribution in [0.1, 0.15) is 16.3 Å². The van der Waals surface area contributed by atoms with E-state index in [2.05, 4.69) is 16.0 Å². The Labute approximate surface area is 154 Å². The van der Waals surface area contributed by atoms with Gasteiger partial charge in [0, 0.05) is 30.7 Å². The molecule has 0 saturated heterocycles. The molecule has 8 heteroatoms. The normalized spacial score (nSPS) is 10.3. The lowest BCUT2D eigenvalue weighted by atomic mass is 10.2. The molecule has 3 N–H and O–H groups in total. The van der Waals surface area contributed by atoms with Gasteiger partial charge in [-0.25, -0.2) is 4.79 Å². The van der Waals surface area contributed by atoms with E-state index in [4.69, 9.17) is 4.42 Å². The van der Waals surface area contributed by atoms with E-state index in [1.165, 1.54) is 17.7 Å². The number of carbonyl (C=O) groups is 2. The molecule has 0 atom stereocenters. The van der Waals surface area contributed by atoms with Gasteiger partial charge in [-0.3, -0.25) is 9.59 Å². The summed E-state index contributed by atoms with van der Waals surface area (Å²) >= 11 is 0. The van der Waals surface area contributed by atoms with Crippen LogP contribution >= 0.6 is 0 Å². The van der Waals surface area contributed by atoms with E-state index >= 15 is 0 Å². The maximum Gasteiger partial charge on any atom is 0.318 e. The standard InChI is InChI=1S/C19H18N4O4/c1-20-19(26)22-14-7-5-13(6-8-14)21-18(25)16-10-9-15(27-16)12-23-11-3-2-4-17(23)24/h2-11H,12H2,1H3,(H,21,25)(H2,20,22,26). The molecule has 3 rings (SSSR count). The van der Waals surface area contributed by atoms with Crippen molar-refractivity contribution < 1.29 is 14.0 Å². The first kappa shape index (κ1) is 18.0. The van der Waals surface area contributed by atoms with Gasteiger partial charge in [-0.2, -0.15) is 0 Å². The predicted octanol–water partition coefficient (Wildman–Crippen LogP) is 2.49. The van der Waals surface area contributed by atoms with Gasteiger partial charge < -0.3 is 24.9 Å². The summed E-state index contributed by atoms with van der Waals surface area (Å²) in [6, 6.07) is 14.4. The molecule has 0 spiro atoms. The molecule has 8 nitrogen and oxygen atoms in total. The number of amides is 3. The highest BCUT2D eigenvalue weighted by molar-refractivity contribution is 6.02. The third-order valence-electron chi connectivity index (χ3n) is 3.74. The molecule has 138 valence electrons. The zero-order valence-electron chi connectivity index (χ0n) is 14.6. The molecule has 0 unspecified atom stereocenters. The van der Waals surface area contributed by atoms with Crippen molar-refractivity contribution in [3.8, 4) is 0 Å². The summed E-state index contributed by atoms with van der Waals surface area (Å²) in [5.74, 6) is 0.230. The van der Waals surface area contributed by atoms with Crippen LogP contribution in [0, 0.1) is 0 Å². The molecule has 1 aromatic carbocycles. The van der Waals surface area contributed by atoms with Gasteiger partial charge in [0.2, 0.25) is 0 Å². The lowest BCUT2D eigenvalue weighted by molar-refractivity contribution is 0.0994. The molecule has 0 aliphatic rings. The molecule has 0 aliphatic carbocycles. The van der Waals surface area contributed by atoms with Crippen LogP contribution in [-0.4, -0.2) is 23.6 Å². The number of nitrogens with zero attached hydrogens (tertiary/aromatic N) is 1. The van der Waals surface area contributed by atoms with Crippen molar-refractivity contribution in [2.45, 2.75) is 6.54 Å². The van der Waals surface area contributed by atoms with Crippen LogP contribution in [0.15, 0.2) is 70.0 Å². The predicted molar refractivity (Wildman–Crippen MR) is 101 cm³/mol. The Kier molecular flexibility index (Phi) is 5.36. The molecule has 2 heterocycles. The SMILES string of the molecule is CNC(=O)Nc1ccc(NC(=O)c2ccc(Cn3ccccc3=O)o2)cc1. The number of anilines is 2. The van der Waals surface area contributed by atoms with Crippen LogP contribution in [0.5, 0.6) is 0 Å². The number of furan rings is 1. The third-order valence-corrected chi connectivity index (χ3v) is 3.74. The molecule has 0 aliphatic heterocycles. The maximum atomic E-state index is 12.3. The average molecular weight is 366 g/mol. The van der Waals surface area contributed by atoms with Crippen LogP contribution in [0.3, 0.4) is 0 Å². The van der Waals surface area contributed by atoms with Gasteiger partial charge >= 0.3 is 6.03 Å². The summed E-state index contributed by atoms with van der Waals surface area (Å²) in [6.45, 7) is 0.243. The van der Waals surface area contributed by atoms with E-state index in [1.54, 1.807) is 54.7 Å². The number of carbonyl (C=O) groups excluding carboxylic acids is 2. The minimum atomic E-state index is -0.409. The van der Waals surface area contributed by atoms with E-state index in [-0.39, 0.29) is 23.9 Å². The molecule has 0 fully saturated rings. The Bertz CT molecular complexity index is 1000. The van der Waals surface area contributed by atoms with Gasteiger partial charge in [0.15, 0.2) is 5.76 Å². The van der Waals surface area contributed by atoms with Crippen molar-refractivity contribution in [3.63, 3.8) is 0 Å². The molecule has 0 bridgehead atoms. The lowest BCUT2D eigenvalue weighted by Crippen LogP contribution is -2.24. The van der Waals surface area contributed by atoms with Gasteiger partial charge in [-0.05, 0) is 42.5 Å². The smallest absolute Gasteiger partial charge is 0.318 e. The van der Waals surface area contributed by atoms with E-state index in [0.29, 0.717) is 17.1 Å². The quantitative estimate of drug-likeness (QED) is 0.645. The van der Waals surface area contributed by atoms with Crippen molar-refractivity contribution in [2.24, 2.45) is 0 Å². The zero-order valence-corrected chi connectivity index (χ0v) is 14.6. The van der Waals surface area contributed by atoms with Crippen LogP contribution in [0.25, 0.3) is 0 Å². The fraction of sp³-hybridized carbons (Fsp3) is 0.105. The summed E-state index contributed by atoms with van der Waals surface area (Å²) in [5, 5.41) is 7.79. The number of benzene rings is 1.